The van der Waals surface area contributed by atoms with Gasteiger partial charge < -0.3 is 20.1 Å². The van der Waals surface area contributed by atoms with E-state index in [1.54, 1.807) is 0 Å². The van der Waals surface area contributed by atoms with Crippen molar-refractivity contribution >= 4 is 17.6 Å². The van der Waals surface area contributed by atoms with Gasteiger partial charge >= 0.3 is 5.97 Å². The van der Waals surface area contributed by atoms with Gasteiger partial charge in [0.15, 0.2) is 0 Å². The van der Waals surface area contributed by atoms with Crippen LogP contribution in [0.3, 0.4) is 0 Å². The molecule has 0 aromatic heterocycles. The van der Waals surface area contributed by atoms with Crippen LogP contribution in [0.2, 0.25) is 0 Å². The van der Waals surface area contributed by atoms with Crippen LogP contribution in [-0.4, -0.2) is 46.0 Å². The zero-order chi connectivity index (χ0) is 25.0. The lowest BCUT2D eigenvalue weighted by Crippen LogP contribution is -2.19. The average Bonchev–Trinajstić information content (AvgIpc) is 3.16. The molecule has 2 aromatic rings. The Morgan fingerprint density at radius 1 is 1.03 bits per heavy atom. The Kier molecular flexibility index (Phi) is 11.5. The summed E-state index contributed by atoms with van der Waals surface area (Å²) >= 11 is 6.65. The third kappa shape index (κ3) is 8.60. The number of benzene rings is 2. The fourth-order valence-electron chi connectivity index (χ4n) is 5.18. The molecule has 0 aliphatic heterocycles. The molecule has 0 saturated heterocycles. The first-order chi connectivity index (χ1) is 17.0. The van der Waals surface area contributed by atoms with Gasteiger partial charge in [0.05, 0.1) is 18.8 Å². The summed E-state index contributed by atoms with van der Waals surface area (Å²) in [6.07, 6.45) is 6.14. The lowest BCUT2D eigenvalue weighted by molar-refractivity contribution is -0.144. The molecule has 1 saturated carbocycles. The number of unbranched alkanes of at least 4 members (excludes halogenated alkanes) is 3. The Morgan fingerprint density at radius 3 is 2.46 bits per heavy atom. The number of esters is 1. The van der Waals surface area contributed by atoms with E-state index in [1.165, 1.54) is 5.56 Å². The predicted octanol–water partition coefficient (Wildman–Crippen LogP) is 5.30. The highest BCUT2D eigenvalue weighted by Crippen LogP contribution is 2.45. The Morgan fingerprint density at radius 2 is 1.74 bits per heavy atom. The molecule has 1 fully saturated rings. The highest BCUT2D eigenvalue weighted by Gasteiger charge is 2.41. The fourth-order valence-corrected chi connectivity index (χ4v) is 5.65. The number of carbonyl (C=O) groups excluding carboxylic acids is 1. The second kappa shape index (κ2) is 14.6. The number of halogens is 1. The smallest absolute Gasteiger partial charge is 0.305 e. The summed E-state index contributed by atoms with van der Waals surface area (Å²) in [6, 6.07) is 18.2. The van der Waals surface area contributed by atoms with Crippen molar-refractivity contribution in [2.75, 3.05) is 13.2 Å². The van der Waals surface area contributed by atoms with Crippen molar-refractivity contribution in [3.63, 3.8) is 0 Å². The summed E-state index contributed by atoms with van der Waals surface area (Å²) in [5.74, 6) is -0.0519. The summed E-state index contributed by atoms with van der Waals surface area (Å²) < 4.78 is 4.87. The van der Waals surface area contributed by atoms with Crippen molar-refractivity contribution in [3.05, 3.63) is 71.3 Å². The fraction of sp³-hybridized carbons (Fsp3) is 0.552. The van der Waals surface area contributed by atoms with Crippen molar-refractivity contribution < 1.29 is 24.9 Å². The van der Waals surface area contributed by atoms with Gasteiger partial charge in [0.1, 0.15) is 6.61 Å². The van der Waals surface area contributed by atoms with E-state index < -0.39 is 12.2 Å². The molecule has 0 heterocycles. The van der Waals surface area contributed by atoms with E-state index in [0.717, 1.165) is 49.7 Å². The van der Waals surface area contributed by atoms with Crippen LogP contribution < -0.4 is 0 Å². The normalized spacial score (nSPS) is 22.7. The van der Waals surface area contributed by atoms with Crippen LogP contribution in [0.25, 0.3) is 0 Å². The number of rotatable bonds is 14. The molecule has 1 aliphatic carbocycles. The first-order valence-electron chi connectivity index (χ1n) is 12.9. The molecule has 0 amide bonds. The third-order valence-electron chi connectivity index (χ3n) is 7.09. The molecule has 1 unspecified atom stereocenters. The molecule has 192 valence electrons. The van der Waals surface area contributed by atoms with E-state index in [0.29, 0.717) is 19.3 Å². The van der Waals surface area contributed by atoms with Gasteiger partial charge in [-0.25, -0.2) is 0 Å². The van der Waals surface area contributed by atoms with Crippen LogP contribution in [0, 0.1) is 5.92 Å². The Labute approximate surface area is 214 Å². The van der Waals surface area contributed by atoms with E-state index in [4.69, 9.17) is 21.4 Å². The molecule has 5 nitrogen and oxygen atoms in total. The third-order valence-corrected chi connectivity index (χ3v) is 7.59. The van der Waals surface area contributed by atoms with Gasteiger partial charge in [0.2, 0.25) is 0 Å². The quantitative estimate of drug-likeness (QED) is 0.185. The van der Waals surface area contributed by atoms with Crippen molar-refractivity contribution in [3.8, 4) is 0 Å². The molecule has 35 heavy (non-hydrogen) atoms. The molecule has 6 heteroatoms. The zero-order valence-electron chi connectivity index (χ0n) is 20.4. The van der Waals surface area contributed by atoms with Crippen LogP contribution in [0.1, 0.15) is 80.1 Å². The number of hydrogen-bond acceptors (Lipinski definition) is 5. The number of aryl methyl sites for hydroxylation is 1. The van der Waals surface area contributed by atoms with E-state index in [-0.39, 0.29) is 36.4 Å². The van der Waals surface area contributed by atoms with E-state index in [1.807, 2.05) is 42.5 Å². The molecule has 5 atom stereocenters. The van der Waals surface area contributed by atoms with E-state index >= 15 is 0 Å². The van der Waals surface area contributed by atoms with Crippen LogP contribution in [0.4, 0.5) is 0 Å². The van der Waals surface area contributed by atoms with Crippen LogP contribution in [0.15, 0.2) is 54.6 Å². The predicted molar refractivity (Wildman–Crippen MR) is 138 cm³/mol. The Hall–Kier alpha value is -1.92. The van der Waals surface area contributed by atoms with Crippen LogP contribution in [0.5, 0.6) is 0 Å². The highest BCUT2D eigenvalue weighted by molar-refractivity contribution is 6.21. The summed E-state index contributed by atoms with van der Waals surface area (Å²) in [7, 11) is 0. The zero-order valence-corrected chi connectivity index (χ0v) is 21.2. The minimum Gasteiger partial charge on any atom is -0.463 e. The summed E-state index contributed by atoms with van der Waals surface area (Å²) in [5, 5.41) is 30.0. The Bertz CT molecular complexity index is 872. The van der Waals surface area contributed by atoms with Gasteiger partial charge in [-0.2, -0.15) is 0 Å². The van der Waals surface area contributed by atoms with Gasteiger partial charge in [0.25, 0.3) is 0 Å². The number of aliphatic hydroxyl groups is 3. The van der Waals surface area contributed by atoms with Crippen molar-refractivity contribution in [1.29, 1.82) is 0 Å². The maximum Gasteiger partial charge on any atom is 0.305 e. The summed E-state index contributed by atoms with van der Waals surface area (Å²) in [4.78, 5) is 11.5. The standard InChI is InChI=1S/C29H39ClO5/c30-25-20-27(33)29(24(25)10-6-1-2-7-11-28(34)35-19-18-31)23-15-13-22(14-16-23)26(32)17-12-21-8-4-3-5-9-21/h3-5,8-9,13-16,24-27,29,31-33H,1-2,6-7,10-12,17-20H2/t24-,25+,26?,27+,29+/m0/s1. The lowest BCUT2D eigenvalue weighted by atomic mass is 9.83. The molecule has 0 radical (unpaired) electrons. The molecule has 1 aliphatic rings. The van der Waals surface area contributed by atoms with E-state index in [9.17, 15) is 15.0 Å². The number of alkyl halides is 1. The maximum atomic E-state index is 11.5. The SMILES string of the molecule is O=C(CCCCCC[C@@H]1[C@@H](c2ccc(C(O)CCc3ccccc3)cc2)[C@H](O)C[C@H]1Cl)OCCO. The number of aliphatic hydroxyl groups excluding tert-OH is 3. The van der Waals surface area contributed by atoms with Crippen molar-refractivity contribution in [2.24, 2.45) is 5.92 Å². The monoisotopic (exact) mass is 502 g/mol. The molecule has 3 N–H and O–H groups in total. The number of hydrogen-bond donors (Lipinski definition) is 3. The second-order valence-corrected chi connectivity index (χ2v) is 10.2. The molecular formula is C29H39ClO5. The first-order valence-corrected chi connectivity index (χ1v) is 13.3. The minimum absolute atomic E-state index is 0.00136. The molecule has 2 aromatic carbocycles. The summed E-state index contributed by atoms with van der Waals surface area (Å²) in [6.45, 7) is -0.0771. The summed E-state index contributed by atoms with van der Waals surface area (Å²) in [5.41, 5.74) is 3.19. The number of ether oxygens (including phenoxy) is 1. The topological polar surface area (TPSA) is 87.0 Å². The minimum atomic E-state index is -0.518. The van der Waals surface area contributed by atoms with Crippen LogP contribution in [-0.2, 0) is 16.0 Å². The highest BCUT2D eigenvalue weighted by atomic mass is 35.5. The molecule has 0 spiro atoms. The largest absolute Gasteiger partial charge is 0.463 e. The van der Waals surface area contributed by atoms with Gasteiger partial charge in [-0.3, -0.25) is 4.79 Å². The second-order valence-electron chi connectivity index (χ2n) is 9.61. The molecule has 3 rings (SSSR count). The lowest BCUT2D eigenvalue weighted by Gasteiger charge is -2.24. The van der Waals surface area contributed by atoms with Gasteiger partial charge in [0, 0.05) is 17.7 Å². The van der Waals surface area contributed by atoms with Gasteiger partial charge in [-0.05, 0) is 54.7 Å². The number of carbonyl (C=O) groups is 1. The maximum absolute atomic E-state index is 11.5. The van der Waals surface area contributed by atoms with Gasteiger partial charge in [-0.15, -0.1) is 11.6 Å². The van der Waals surface area contributed by atoms with Crippen molar-refractivity contribution in [2.45, 2.75) is 81.3 Å². The van der Waals surface area contributed by atoms with E-state index in [2.05, 4.69) is 12.1 Å². The average molecular weight is 503 g/mol. The first kappa shape index (κ1) is 27.7. The van der Waals surface area contributed by atoms with Gasteiger partial charge in [-0.1, -0.05) is 73.9 Å². The Balaban J connectivity index is 1.47. The van der Waals surface area contributed by atoms with Crippen molar-refractivity contribution in [1.82, 2.24) is 0 Å². The van der Waals surface area contributed by atoms with Crippen LogP contribution >= 0.6 is 11.6 Å². The molecule has 0 bridgehead atoms. The molecular weight excluding hydrogens is 464 g/mol.